The predicted octanol–water partition coefficient (Wildman–Crippen LogP) is -1.82. The number of carbonyl (C=O) groups excluding carboxylic acids is 1. The Kier molecular flexibility index (Phi) is 3.56. The maximum atomic E-state index is 10.9. The molecular formula is C13H9IO2. The molecule has 0 saturated heterocycles. The predicted molar refractivity (Wildman–Crippen MR) is 54.6 cm³/mol. The summed E-state index contributed by atoms with van der Waals surface area (Å²) in [6.45, 7) is 0. The summed E-state index contributed by atoms with van der Waals surface area (Å²) in [6.07, 6.45) is 0. The number of carboxylic acid groups (broad SMARTS) is 1. The van der Waals surface area contributed by atoms with Crippen LogP contribution in [-0.4, -0.2) is 5.97 Å². The van der Waals surface area contributed by atoms with Crippen LogP contribution in [0.1, 0.15) is 10.4 Å². The van der Waals surface area contributed by atoms with Gasteiger partial charge in [-0.25, -0.2) is 0 Å². The largest absolute Gasteiger partial charge is 0.545 e. The van der Waals surface area contributed by atoms with Crippen molar-refractivity contribution in [1.82, 2.24) is 0 Å². The van der Waals surface area contributed by atoms with Gasteiger partial charge in [-0.05, 0) is 24.3 Å². The van der Waals surface area contributed by atoms with E-state index in [4.69, 9.17) is 0 Å². The highest BCUT2D eigenvalue weighted by atomic mass is 127. The molecule has 0 bridgehead atoms. The minimum atomic E-state index is -1.09. The Bertz CT molecular complexity index is 494. The van der Waals surface area contributed by atoms with Crippen LogP contribution in [0, 0.1) is 7.14 Å². The molecule has 0 aromatic heterocycles. The Morgan fingerprint density at radius 1 is 0.938 bits per heavy atom. The first kappa shape index (κ1) is 11.1. The zero-order valence-electron chi connectivity index (χ0n) is 8.39. The number of carboxylic acids is 1. The Balaban J connectivity index is 2.31. The second-order valence-electron chi connectivity index (χ2n) is 3.16. The molecular weight excluding hydrogens is 315 g/mol. The Morgan fingerprint density at radius 2 is 1.56 bits per heavy atom. The lowest BCUT2D eigenvalue weighted by atomic mass is 10.2. The Hall–Kier alpha value is -1.36. The molecule has 0 N–H and O–H groups in total. The van der Waals surface area contributed by atoms with E-state index >= 15 is 0 Å². The normalized spacial score (nSPS) is 10.0. The molecule has 0 radical (unpaired) electrons. The maximum Gasteiger partial charge on any atom is 0.358 e. The van der Waals surface area contributed by atoms with Gasteiger partial charge in [-0.2, -0.15) is 0 Å². The molecule has 16 heavy (non-hydrogen) atoms. The molecule has 2 aromatic carbocycles. The van der Waals surface area contributed by atoms with Crippen molar-refractivity contribution in [3.8, 4) is 0 Å². The second kappa shape index (κ2) is 5.12. The first-order valence-electron chi connectivity index (χ1n) is 4.77. The summed E-state index contributed by atoms with van der Waals surface area (Å²) >= 11 is -0.447. The molecule has 0 spiro atoms. The minimum absolute atomic E-state index is 0.319. The molecule has 0 aliphatic carbocycles. The number of benzene rings is 2. The van der Waals surface area contributed by atoms with E-state index < -0.39 is 27.2 Å². The van der Waals surface area contributed by atoms with Crippen LogP contribution in [0.2, 0.25) is 0 Å². The van der Waals surface area contributed by atoms with Gasteiger partial charge in [0.05, 0.1) is 11.5 Å². The molecule has 2 nitrogen and oxygen atoms in total. The van der Waals surface area contributed by atoms with E-state index in [1.165, 1.54) is 3.57 Å². The third kappa shape index (κ3) is 2.61. The third-order valence-corrected chi connectivity index (χ3v) is 4.90. The molecule has 0 fully saturated rings. The fraction of sp³-hybridized carbons (Fsp3) is 0. The highest BCUT2D eigenvalue weighted by molar-refractivity contribution is 5.85. The van der Waals surface area contributed by atoms with Gasteiger partial charge in [0.2, 0.25) is 3.57 Å². The summed E-state index contributed by atoms with van der Waals surface area (Å²) < 4.78 is 2.10. The molecule has 80 valence electrons. The average molecular weight is 324 g/mol. The molecule has 2 rings (SSSR count). The van der Waals surface area contributed by atoms with Crippen LogP contribution in [0.25, 0.3) is 0 Å². The molecule has 3 heteroatoms. The van der Waals surface area contributed by atoms with Crippen LogP contribution in [0.3, 0.4) is 0 Å². The monoisotopic (exact) mass is 324 g/mol. The smallest absolute Gasteiger partial charge is 0.358 e. The summed E-state index contributed by atoms with van der Waals surface area (Å²) in [5.74, 6) is -1.09. The van der Waals surface area contributed by atoms with Crippen molar-refractivity contribution in [1.29, 1.82) is 0 Å². The Morgan fingerprint density at radius 3 is 2.25 bits per heavy atom. The van der Waals surface area contributed by atoms with Crippen LogP contribution in [-0.2, 0) is 0 Å². The molecule has 0 saturated carbocycles. The lowest BCUT2D eigenvalue weighted by Crippen LogP contribution is -3.61. The van der Waals surface area contributed by atoms with Gasteiger partial charge in [0.1, 0.15) is 0 Å². The minimum Gasteiger partial charge on any atom is -0.545 e. The lowest BCUT2D eigenvalue weighted by Gasteiger charge is -2.00. The van der Waals surface area contributed by atoms with Crippen molar-refractivity contribution >= 4 is 5.97 Å². The number of hydrogen-bond donors (Lipinski definition) is 0. The van der Waals surface area contributed by atoms with E-state index in [0.29, 0.717) is 5.56 Å². The van der Waals surface area contributed by atoms with Gasteiger partial charge in [0.25, 0.3) is 0 Å². The topological polar surface area (TPSA) is 40.1 Å². The van der Waals surface area contributed by atoms with Crippen LogP contribution in [0.15, 0.2) is 54.6 Å². The van der Waals surface area contributed by atoms with Gasteiger partial charge in [0, 0.05) is 0 Å². The molecule has 2 aromatic rings. The Labute approximate surface area is 104 Å². The first-order valence-corrected chi connectivity index (χ1v) is 6.93. The summed E-state index contributed by atoms with van der Waals surface area (Å²) in [5.41, 5.74) is 0.319. The maximum absolute atomic E-state index is 10.9. The van der Waals surface area contributed by atoms with Crippen LogP contribution in [0.5, 0.6) is 0 Å². The van der Waals surface area contributed by atoms with Crippen molar-refractivity contribution in [3.05, 3.63) is 67.3 Å². The van der Waals surface area contributed by atoms with Crippen molar-refractivity contribution in [2.45, 2.75) is 0 Å². The number of halogens is 1. The van der Waals surface area contributed by atoms with Crippen LogP contribution < -0.4 is 26.3 Å². The summed E-state index contributed by atoms with van der Waals surface area (Å²) in [6, 6.07) is 17.0. The summed E-state index contributed by atoms with van der Waals surface area (Å²) in [4.78, 5) is 10.9. The van der Waals surface area contributed by atoms with Gasteiger partial charge in [-0.15, -0.1) is 0 Å². The fourth-order valence-electron chi connectivity index (χ4n) is 1.30. The fourth-order valence-corrected chi connectivity index (χ4v) is 3.83. The highest BCUT2D eigenvalue weighted by Gasteiger charge is 2.19. The van der Waals surface area contributed by atoms with Crippen molar-refractivity contribution in [2.75, 3.05) is 0 Å². The average Bonchev–Trinajstić information content (AvgIpc) is 2.31. The zero-order chi connectivity index (χ0) is 11.4. The van der Waals surface area contributed by atoms with Crippen LogP contribution in [0.4, 0.5) is 0 Å². The third-order valence-electron chi connectivity index (χ3n) is 2.04. The van der Waals surface area contributed by atoms with Gasteiger partial charge < -0.3 is 9.90 Å². The molecule has 0 atom stereocenters. The van der Waals surface area contributed by atoms with Crippen molar-refractivity contribution < 1.29 is 31.1 Å². The molecule has 0 aliphatic heterocycles. The van der Waals surface area contributed by atoms with Crippen molar-refractivity contribution in [3.63, 3.8) is 0 Å². The highest BCUT2D eigenvalue weighted by Crippen LogP contribution is 1.96. The van der Waals surface area contributed by atoms with Gasteiger partial charge in [-0.3, -0.25) is 0 Å². The van der Waals surface area contributed by atoms with Crippen LogP contribution >= 0.6 is 0 Å². The summed E-state index contributed by atoms with van der Waals surface area (Å²) in [7, 11) is 0. The van der Waals surface area contributed by atoms with Gasteiger partial charge >= 0.3 is 21.2 Å². The molecule has 0 unspecified atom stereocenters. The standard InChI is InChI=1S/C13H9IO2/c15-13(16)11-8-4-5-9-12(11)14-10-6-2-1-3-7-10/h1-9H. The van der Waals surface area contributed by atoms with E-state index in [-0.39, 0.29) is 0 Å². The van der Waals surface area contributed by atoms with E-state index in [0.717, 1.165) is 3.57 Å². The number of carbonyl (C=O) groups is 1. The second-order valence-corrected chi connectivity index (χ2v) is 6.10. The molecule has 0 amide bonds. The van der Waals surface area contributed by atoms with E-state index in [1.807, 2.05) is 42.5 Å². The van der Waals surface area contributed by atoms with E-state index in [2.05, 4.69) is 0 Å². The van der Waals surface area contributed by atoms with Gasteiger partial charge in [0.15, 0.2) is 3.57 Å². The van der Waals surface area contributed by atoms with Gasteiger partial charge in [-0.1, -0.05) is 30.3 Å². The van der Waals surface area contributed by atoms with E-state index in [9.17, 15) is 9.90 Å². The first-order chi connectivity index (χ1) is 7.77. The number of aromatic carboxylic acids is 1. The zero-order valence-corrected chi connectivity index (χ0v) is 10.5. The quantitative estimate of drug-likeness (QED) is 0.624. The number of rotatable bonds is 3. The SMILES string of the molecule is O=C([O-])c1ccccc1[I+]c1ccccc1. The summed E-state index contributed by atoms with van der Waals surface area (Å²) in [5, 5.41) is 10.9. The molecule has 0 heterocycles. The number of hydrogen-bond acceptors (Lipinski definition) is 2. The lowest BCUT2D eigenvalue weighted by molar-refractivity contribution is -0.598. The van der Waals surface area contributed by atoms with E-state index in [1.54, 1.807) is 12.1 Å². The molecule has 0 aliphatic rings. The van der Waals surface area contributed by atoms with Crippen molar-refractivity contribution in [2.24, 2.45) is 0 Å².